The molecule has 2 saturated heterocycles. The van der Waals surface area contributed by atoms with Gasteiger partial charge in [-0.15, -0.1) is 0 Å². The van der Waals surface area contributed by atoms with E-state index in [4.69, 9.17) is 33.2 Å². The molecule has 15 heteroatoms. The Balaban J connectivity index is 2.44. The average molecular weight is 510 g/mol. The fourth-order valence-corrected chi connectivity index (χ4v) is 3.63. The summed E-state index contributed by atoms with van der Waals surface area (Å²) >= 11 is 0. The van der Waals surface area contributed by atoms with E-state index in [1.807, 2.05) is 0 Å². The Morgan fingerprint density at radius 2 is 1.37 bits per heavy atom. The molecular formula is C20H30O15. The van der Waals surface area contributed by atoms with Gasteiger partial charge in [0.1, 0.15) is 43.7 Å². The molecule has 0 spiro atoms. The van der Waals surface area contributed by atoms with Gasteiger partial charge in [0, 0.05) is 27.7 Å². The molecule has 2 aliphatic rings. The number of esters is 4. The van der Waals surface area contributed by atoms with Gasteiger partial charge in [-0.05, 0) is 0 Å². The Hall–Kier alpha value is -2.40. The van der Waals surface area contributed by atoms with Gasteiger partial charge in [0.25, 0.3) is 0 Å². The van der Waals surface area contributed by atoms with E-state index in [1.54, 1.807) is 0 Å². The maximum absolute atomic E-state index is 11.7. The molecule has 0 bridgehead atoms. The van der Waals surface area contributed by atoms with Crippen LogP contribution in [0.25, 0.3) is 0 Å². The third kappa shape index (κ3) is 7.07. The smallest absolute Gasteiger partial charge is 0.303 e. The summed E-state index contributed by atoms with van der Waals surface area (Å²) in [5.74, 6) is -5.61. The van der Waals surface area contributed by atoms with Gasteiger partial charge >= 0.3 is 23.9 Å². The second-order valence-electron chi connectivity index (χ2n) is 7.97. The number of hydrogen-bond donors (Lipinski definition) is 4. The Morgan fingerprint density at radius 3 is 1.86 bits per heavy atom. The van der Waals surface area contributed by atoms with Crippen LogP contribution < -0.4 is 0 Å². The lowest BCUT2D eigenvalue weighted by atomic mass is 9.98. The molecule has 2 fully saturated rings. The third-order valence-electron chi connectivity index (χ3n) is 5.15. The molecule has 2 unspecified atom stereocenters. The lowest BCUT2D eigenvalue weighted by Gasteiger charge is -2.45. The zero-order valence-corrected chi connectivity index (χ0v) is 19.5. The molecule has 2 heterocycles. The SMILES string of the molecule is CC(=O)OC[C@H]1OC(OC2(COC(C)=O)O[C@H](CO)[C@@H](O)[C@@H]2O)[C@H](OC(C)=O)[C@@H](O)[C@@H]1OC(C)=O. The summed E-state index contributed by atoms with van der Waals surface area (Å²) < 4.78 is 36.9. The van der Waals surface area contributed by atoms with Crippen molar-refractivity contribution >= 4 is 23.9 Å². The van der Waals surface area contributed by atoms with Crippen LogP contribution in [0.3, 0.4) is 0 Å². The molecule has 35 heavy (non-hydrogen) atoms. The monoisotopic (exact) mass is 510 g/mol. The number of aliphatic hydroxyl groups excluding tert-OH is 4. The number of ether oxygens (including phenoxy) is 7. The lowest BCUT2D eigenvalue weighted by Crippen LogP contribution is -2.64. The standard InChI is InChI=1S/C20H30O15/c1-8(22)29-6-13-16(31-10(3)24)15(27)17(32-11(4)25)19(33-13)35-20(7-30-9(2)23)18(28)14(26)12(5-21)34-20/h12-19,21,26-28H,5-7H2,1-4H3/t12-,13-,14-,15+,16-,17-,18+,19?,20?/m1/s1. The van der Waals surface area contributed by atoms with Crippen molar-refractivity contribution in [2.45, 2.75) is 82.5 Å². The predicted molar refractivity (Wildman–Crippen MR) is 107 cm³/mol. The number of carbonyl (C=O) groups is 4. The van der Waals surface area contributed by atoms with Gasteiger partial charge in [-0.25, -0.2) is 0 Å². The molecule has 2 rings (SSSR count). The molecule has 0 amide bonds. The summed E-state index contributed by atoms with van der Waals surface area (Å²) in [5.41, 5.74) is 0. The highest BCUT2D eigenvalue weighted by Crippen LogP contribution is 2.37. The molecule has 15 nitrogen and oxygen atoms in total. The maximum Gasteiger partial charge on any atom is 0.303 e. The fraction of sp³-hybridized carbons (Fsp3) is 0.800. The van der Waals surface area contributed by atoms with Crippen molar-refractivity contribution in [3.8, 4) is 0 Å². The van der Waals surface area contributed by atoms with E-state index >= 15 is 0 Å². The number of aliphatic hydroxyl groups is 4. The summed E-state index contributed by atoms with van der Waals surface area (Å²) in [5, 5.41) is 41.2. The average Bonchev–Trinajstić information content (AvgIpc) is 3.00. The van der Waals surface area contributed by atoms with Crippen LogP contribution in [0.15, 0.2) is 0 Å². The second-order valence-corrected chi connectivity index (χ2v) is 7.97. The van der Waals surface area contributed by atoms with Gasteiger partial charge in [0.2, 0.25) is 12.1 Å². The van der Waals surface area contributed by atoms with E-state index in [0.29, 0.717) is 0 Å². The van der Waals surface area contributed by atoms with Crippen molar-refractivity contribution in [2.24, 2.45) is 0 Å². The van der Waals surface area contributed by atoms with Gasteiger partial charge in [-0.1, -0.05) is 0 Å². The molecule has 0 aromatic heterocycles. The molecule has 200 valence electrons. The first-order chi connectivity index (χ1) is 16.3. The quantitative estimate of drug-likeness (QED) is 0.178. The van der Waals surface area contributed by atoms with Crippen LogP contribution in [0.5, 0.6) is 0 Å². The van der Waals surface area contributed by atoms with Crippen LogP contribution in [0, 0.1) is 0 Å². The van der Waals surface area contributed by atoms with Crippen molar-refractivity contribution in [2.75, 3.05) is 19.8 Å². The molecule has 0 aromatic rings. The third-order valence-corrected chi connectivity index (χ3v) is 5.15. The van der Waals surface area contributed by atoms with Crippen LogP contribution >= 0.6 is 0 Å². The van der Waals surface area contributed by atoms with Gasteiger partial charge in [0.15, 0.2) is 12.2 Å². The van der Waals surface area contributed by atoms with E-state index in [-0.39, 0.29) is 0 Å². The minimum atomic E-state index is -2.35. The van der Waals surface area contributed by atoms with E-state index < -0.39 is 98.5 Å². The summed E-state index contributed by atoms with van der Waals surface area (Å²) in [7, 11) is 0. The highest BCUT2D eigenvalue weighted by Gasteiger charge is 2.60. The summed E-state index contributed by atoms with van der Waals surface area (Å²) in [4.78, 5) is 46.1. The molecular weight excluding hydrogens is 480 g/mol. The van der Waals surface area contributed by atoms with Crippen molar-refractivity contribution in [3.05, 3.63) is 0 Å². The number of hydrogen-bond acceptors (Lipinski definition) is 15. The molecule has 9 atom stereocenters. The van der Waals surface area contributed by atoms with Crippen LogP contribution in [-0.2, 0) is 52.3 Å². The molecule has 0 aromatic carbocycles. The van der Waals surface area contributed by atoms with Gasteiger partial charge < -0.3 is 53.6 Å². The minimum absolute atomic E-state index is 0.529. The Kier molecular flexibility index (Phi) is 9.91. The highest BCUT2D eigenvalue weighted by molar-refractivity contribution is 5.67. The van der Waals surface area contributed by atoms with E-state index in [1.165, 1.54) is 0 Å². The van der Waals surface area contributed by atoms with Gasteiger partial charge in [-0.2, -0.15) is 0 Å². The normalized spacial score (nSPS) is 36.8. The Labute approximate surface area is 199 Å². The van der Waals surface area contributed by atoms with Crippen molar-refractivity contribution in [3.63, 3.8) is 0 Å². The van der Waals surface area contributed by atoms with E-state index in [9.17, 15) is 39.6 Å². The van der Waals surface area contributed by atoms with Crippen LogP contribution in [-0.4, -0.2) is 119 Å². The van der Waals surface area contributed by atoms with Gasteiger partial charge in [0.05, 0.1) is 6.61 Å². The zero-order chi connectivity index (χ0) is 26.5. The molecule has 0 saturated carbocycles. The minimum Gasteiger partial charge on any atom is -0.463 e. The highest BCUT2D eigenvalue weighted by atomic mass is 16.8. The fourth-order valence-electron chi connectivity index (χ4n) is 3.63. The topological polar surface area (TPSA) is 214 Å². The van der Waals surface area contributed by atoms with Crippen LogP contribution in [0.1, 0.15) is 27.7 Å². The van der Waals surface area contributed by atoms with E-state index in [2.05, 4.69) is 0 Å². The molecule has 0 radical (unpaired) electrons. The van der Waals surface area contributed by atoms with Crippen LogP contribution in [0.2, 0.25) is 0 Å². The van der Waals surface area contributed by atoms with Crippen molar-refractivity contribution < 1.29 is 72.8 Å². The number of rotatable bonds is 9. The molecule has 4 N–H and O–H groups in total. The second kappa shape index (κ2) is 12.0. The summed E-state index contributed by atoms with van der Waals surface area (Å²) in [6.07, 6.45) is -13.1. The summed E-state index contributed by atoms with van der Waals surface area (Å²) in [6.45, 7) is 2.12. The maximum atomic E-state index is 11.7. The van der Waals surface area contributed by atoms with E-state index in [0.717, 1.165) is 27.7 Å². The Bertz CT molecular complexity index is 784. The zero-order valence-electron chi connectivity index (χ0n) is 19.5. The molecule has 0 aliphatic carbocycles. The first kappa shape index (κ1) is 28.8. The largest absolute Gasteiger partial charge is 0.463 e. The molecule has 2 aliphatic heterocycles. The van der Waals surface area contributed by atoms with Crippen molar-refractivity contribution in [1.29, 1.82) is 0 Å². The lowest BCUT2D eigenvalue weighted by molar-refractivity contribution is -0.384. The number of carbonyl (C=O) groups excluding carboxylic acids is 4. The first-order valence-electron chi connectivity index (χ1n) is 10.6. The first-order valence-corrected chi connectivity index (χ1v) is 10.6. The Morgan fingerprint density at radius 1 is 0.800 bits per heavy atom. The summed E-state index contributed by atoms with van der Waals surface area (Å²) in [6, 6.07) is 0. The van der Waals surface area contributed by atoms with Crippen molar-refractivity contribution in [1.82, 2.24) is 0 Å². The van der Waals surface area contributed by atoms with Crippen LogP contribution in [0.4, 0.5) is 0 Å². The van der Waals surface area contributed by atoms with Gasteiger partial charge in [-0.3, -0.25) is 19.2 Å². The predicted octanol–water partition coefficient (Wildman–Crippen LogP) is -3.11.